The van der Waals surface area contributed by atoms with Crippen LogP contribution in [-0.2, 0) is 0 Å². The molecule has 30 heavy (non-hydrogen) atoms. The SMILES string of the molecule is Cc1cccc(-c2nn(-c3ccc(F)cc3)cc2C(=O)N2CCC(N(C)C)CC2)c1. The molecule has 4 rings (SSSR count). The summed E-state index contributed by atoms with van der Waals surface area (Å²) < 4.78 is 15.0. The van der Waals surface area contributed by atoms with Crippen molar-refractivity contribution in [2.75, 3.05) is 27.2 Å². The van der Waals surface area contributed by atoms with Gasteiger partial charge in [0, 0.05) is 30.9 Å². The summed E-state index contributed by atoms with van der Waals surface area (Å²) in [4.78, 5) is 17.6. The minimum atomic E-state index is -0.301. The molecule has 1 aromatic heterocycles. The van der Waals surface area contributed by atoms with Crippen molar-refractivity contribution < 1.29 is 9.18 Å². The molecule has 1 aliphatic heterocycles. The molecule has 0 spiro atoms. The molecule has 0 saturated carbocycles. The lowest BCUT2D eigenvalue weighted by Gasteiger charge is -2.35. The summed E-state index contributed by atoms with van der Waals surface area (Å²) in [6.45, 7) is 3.49. The number of aryl methyl sites for hydroxylation is 1. The van der Waals surface area contributed by atoms with E-state index in [1.165, 1.54) is 12.1 Å². The first kappa shape index (κ1) is 20.3. The van der Waals surface area contributed by atoms with Crippen molar-refractivity contribution in [3.8, 4) is 16.9 Å². The van der Waals surface area contributed by atoms with Gasteiger partial charge in [-0.3, -0.25) is 4.79 Å². The Labute approximate surface area is 176 Å². The van der Waals surface area contributed by atoms with E-state index >= 15 is 0 Å². The standard InChI is InChI=1S/C24H27FN4O/c1-17-5-4-6-18(15-17)23-22(16-29(26-23)21-9-7-19(25)8-10-21)24(30)28-13-11-20(12-14-28)27(2)3/h4-10,15-16,20H,11-14H2,1-3H3. The fraction of sp³-hybridized carbons (Fsp3) is 0.333. The number of carbonyl (C=O) groups excluding carboxylic acids is 1. The number of amides is 1. The third kappa shape index (κ3) is 4.14. The number of likely N-dealkylation sites (tertiary alicyclic amines) is 1. The van der Waals surface area contributed by atoms with E-state index in [1.807, 2.05) is 36.1 Å². The molecule has 0 radical (unpaired) electrons. The topological polar surface area (TPSA) is 41.4 Å². The van der Waals surface area contributed by atoms with Crippen LogP contribution in [0.4, 0.5) is 4.39 Å². The number of carbonyl (C=O) groups is 1. The van der Waals surface area contributed by atoms with E-state index < -0.39 is 0 Å². The molecule has 2 aromatic carbocycles. The number of halogens is 1. The first-order valence-electron chi connectivity index (χ1n) is 10.3. The molecule has 156 valence electrons. The second-order valence-electron chi connectivity index (χ2n) is 8.17. The summed E-state index contributed by atoms with van der Waals surface area (Å²) in [6, 6.07) is 14.6. The Hall–Kier alpha value is -2.99. The lowest BCUT2D eigenvalue weighted by Crippen LogP contribution is -2.44. The molecular formula is C24H27FN4O. The number of aromatic nitrogens is 2. The second-order valence-corrected chi connectivity index (χ2v) is 8.17. The molecule has 0 atom stereocenters. The quantitative estimate of drug-likeness (QED) is 0.654. The minimum Gasteiger partial charge on any atom is -0.338 e. The van der Waals surface area contributed by atoms with Crippen molar-refractivity contribution in [2.45, 2.75) is 25.8 Å². The van der Waals surface area contributed by atoms with Gasteiger partial charge < -0.3 is 9.80 Å². The fourth-order valence-electron chi connectivity index (χ4n) is 4.02. The van der Waals surface area contributed by atoms with Crippen molar-refractivity contribution in [3.63, 3.8) is 0 Å². The highest BCUT2D eigenvalue weighted by Crippen LogP contribution is 2.27. The van der Waals surface area contributed by atoms with Crippen LogP contribution in [0.1, 0.15) is 28.8 Å². The Morgan fingerprint density at radius 1 is 1.10 bits per heavy atom. The summed E-state index contributed by atoms with van der Waals surface area (Å²) in [5.41, 5.74) is 3.96. The van der Waals surface area contributed by atoms with Crippen molar-refractivity contribution in [3.05, 3.63) is 71.7 Å². The Morgan fingerprint density at radius 3 is 2.43 bits per heavy atom. The van der Waals surface area contributed by atoms with Crippen LogP contribution in [0.15, 0.2) is 54.7 Å². The monoisotopic (exact) mass is 406 g/mol. The summed E-state index contributed by atoms with van der Waals surface area (Å²) in [5, 5.41) is 4.72. The maximum atomic E-state index is 13.5. The lowest BCUT2D eigenvalue weighted by atomic mass is 10.0. The molecule has 5 nitrogen and oxygen atoms in total. The summed E-state index contributed by atoms with van der Waals surface area (Å²) in [6.07, 6.45) is 3.69. The van der Waals surface area contributed by atoms with E-state index in [9.17, 15) is 9.18 Å². The molecule has 6 heteroatoms. The van der Waals surface area contributed by atoms with Crippen LogP contribution in [0, 0.1) is 12.7 Å². The molecule has 2 heterocycles. The number of hydrogen-bond donors (Lipinski definition) is 0. The first-order chi connectivity index (χ1) is 14.4. The molecule has 0 unspecified atom stereocenters. The van der Waals surface area contributed by atoms with Gasteiger partial charge in [-0.05, 0) is 64.2 Å². The fourth-order valence-corrected chi connectivity index (χ4v) is 4.02. The first-order valence-corrected chi connectivity index (χ1v) is 10.3. The number of benzene rings is 2. The van der Waals surface area contributed by atoms with Crippen molar-refractivity contribution in [1.29, 1.82) is 0 Å². The molecule has 0 N–H and O–H groups in total. The Kier molecular flexibility index (Phi) is 5.68. The van der Waals surface area contributed by atoms with Crippen molar-refractivity contribution in [1.82, 2.24) is 19.6 Å². The van der Waals surface area contributed by atoms with Gasteiger partial charge in [0.15, 0.2) is 0 Å². The van der Waals surface area contributed by atoms with Crippen LogP contribution in [0.3, 0.4) is 0 Å². The van der Waals surface area contributed by atoms with Gasteiger partial charge in [0.2, 0.25) is 0 Å². The average molecular weight is 407 g/mol. The van der Waals surface area contributed by atoms with Crippen LogP contribution in [0.5, 0.6) is 0 Å². The van der Waals surface area contributed by atoms with Gasteiger partial charge in [-0.2, -0.15) is 5.10 Å². The van der Waals surface area contributed by atoms with E-state index in [1.54, 1.807) is 23.0 Å². The summed E-state index contributed by atoms with van der Waals surface area (Å²) in [7, 11) is 4.18. The molecule has 1 aliphatic rings. The van der Waals surface area contributed by atoms with Gasteiger partial charge in [-0.25, -0.2) is 9.07 Å². The number of rotatable bonds is 4. The maximum Gasteiger partial charge on any atom is 0.257 e. The molecular weight excluding hydrogens is 379 g/mol. The molecule has 1 amide bonds. The van der Waals surface area contributed by atoms with Gasteiger partial charge in [-0.15, -0.1) is 0 Å². The highest BCUT2D eigenvalue weighted by molar-refractivity contribution is 6.00. The molecule has 3 aromatic rings. The zero-order valence-electron chi connectivity index (χ0n) is 17.7. The lowest BCUT2D eigenvalue weighted by molar-refractivity contribution is 0.0664. The predicted octanol–water partition coefficient (Wildman–Crippen LogP) is 4.15. The number of piperidine rings is 1. The average Bonchev–Trinajstić information content (AvgIpc) is 3.19. The summed E-state index contributed by atoms with van der Waals surface area (Å²) >= 11 is 0. The highest BCUT2D eigenvalue weighted by Gasteiger charge is 2.28. The van der Waals surface area contributed by atoms with Crippen LogP contribution in [-0.4, -0.2) is 58.7 Å². The molecule has 0 aliphatic carbocycles. The predicted molar refractivity (Wildman–Crippen MR) is 116 cm³/mol. The Morgan fingerprint density at radius 2 is 1.80 bits per heavy atom. The molecule has 1 saturated heterocycles. The number of hydrogen-bond acceptors (Lipinski definition) is 3. The van der Waals surface area contributed by atoms with E-state index in [4.69, 9.17) is 5.10 Å². The Bertz CT molecular complexity index is 1030. The van der Waals surface area contributed by atoms with E-state index in [0.717, 1.165) is 42.7 Å². The minimum absolute atomic E-state index is 0.00271. The highest BCUT2D eigenvalue weighted by atomic mass is 19.1. The van der Waals surface area contributed by atoms with Gasteiger partial charge in [0.1, 0.15) is 11.5 Å². The van der Waals surface area contributed by atoms with Crippen molar-refractivity contribution in [2.24, 2.45) is 0 Å². The van der Waals surface area contributed by atoms with Crippen LogP contribution >= 0.6 is 0 Å². The zero-order chi connectivity index (χ0) is 21.3. The third-order valence-corrected chi connectivity index (χ3v) is 5.81. The zero-order valence-corrected chi connectivity index (χ0v) is 17.7. The van der Waals surface area contributed by atoms with Gasteiger partial charge in [0.05, 0.1) is 11.3 Å². The second kappa shape index (κ2) is 8.40. The number of nitrogens with zero attached hydrogens (tertiary/aromatic N) is 4. The van der Waals surface area contributed by atoms with Crippen molar-refractivity contribution >= 4 is 5.91 Å². The van der Waals surface area contributed by atoms with Crippen LogP contribution < -0.4 is 0 Å². The maximum absolute atomic E-state index is 13.5. The van der Waals surface area contributed by atoms with Gasteiger partial charge >= 0.3 is 0 Å². The van der Waals surface area contributed by atoms with Gasteiger partial charge in [0.25, 0.3) is 5.91 Å². The van der Waals surface area contributed by atoms with E-state index in [-0.39, 0.29) is 11.7 Å². The Balaban J connectivity index is 1.70. The van der Waals surface area contributed by atoms with Gasteiger partial charge in [-0.1, -0.05) is 23.8 Å². The smallest absolute Gasteiger partial charge is 0.257 e. The molecule has 1 fully saturated rings. The van der Waals surface area contributed by atoms with Crippen LogP contribution in [0.2, 0.25) is 0 Å². The third-order valence-electron chi connectivity index (χ3n) is 5.81. The van der Waals surface area contributed by atoms with Crippen LogP contribution in [0.25, 0.3) is 16.9 Å². The molecule has 0 bridgehead atoms. The van der Waals surface area contributed by atoms with E-state index in [2.05, 4.69) is 19.0 Å². The normalized spacial score (nSPS) is 15.0. The van der Waals surface area contributed by atoms with E-state index in [0.29, 0.717) is 17.3 Å². The largest absolute Gasteiger partial charge is 0.338 e. The summed E-state index contributed by atoms with van der Waals surface area (Å²) in [5.74, 6) is -0.304.